The molecular weight excluding hydrogens is 2070 g/mol. The van der Waals surface area contributed by atoms with Crippen molar-refractivity contribution in [2.75, 3.05) is 348 Å². The first kappa shape index (κ1) is 130. The van der Waals surface area contributed by atoms with Crippen LogP contribution in [0.4, 0.5) is 0 Å². The molecule has 0 N–H and O–H groups in total. The third-order valence-electron chi connectivity index (χ3n) is 29.3. The maximum Gasteiger partial charge on any atom is 2.00 e. The van der Waals surface area contributed by atoms with Crippen LogP contribution in [0.1, 0.15) is 200 Å². The predicted molar refractivity (Wildman–Crippen MR) is 570 cm³/mol. The molecule has 780 valence electrons. The molecule has 10 atom stereocenters. The van der Waals surface area contributed by atoms with Crippen molar-refractivity contribution in [2.24, 2.45) is 0 Å². The molecule has 34 heteroatoms. The van der Waals surface area contributed by atoms with Gasteiger partial charge in [-0.15, -0.1) is 0 Å². The van der Waals surface area contributed by atoms with Crippen molar-refractivity contribution >= 4 is 116 Å². The Hall–Kier alpha value is 2.62. The molecule has 10 fully saturated rings. The van der Waals surface area contributed by atoms with Gasteiger partial charge in [0, 0.05) is 274 Å². The Morgan fingerprint density at radius 3 is 0.696 bits per heavy atom. The Kier molecular flexibility index (Phi) is 70.9. The molecule has 20 nitrogen and oxygen atoms in total. The summed E-state index contributed by atoms with van der Waals surface area (Å²) in [7, 11) is 6.61. The van der Waals surface area contributed by atoms with Crippen LogP contribution in [0.15, 0.2) is 60.7 Å². The van der Waals surface area contributed by atoms with Gasteiger partial charge in [-0.05, 0) is 195 Å². The fraction of sp³-hybridized carbons (Fsp3) is 0.881. The Labute approximate surface area is 918 Å². The van der Waals surface area contributed by atoms with Gasteiger partial charge >= 0.3 is 68.3 Å². The van der Waals surface area contributed by atoms with E-state index < -0.39 is 22.3 Å². The van der Waals surface area contributed by atoms with Gasteiger partial charge in [0.05, 0.1) is 0 Å². The number of hydrogen-bond acceptors (Lipinski definition) is 20. The molecular formula is C101H186Cl10Mn4N20+8. The molecule has 10 saturated heterocycles. The molecule has 10 heterocycles. The van der Waals surface area contributed by atoms with Crippen molar-refractivity contribution in [1.82, 2.24) is 98.0 Å². The van der Waals surface area contributed by atoms with Gasteiger partial charge in [-0.25, -0.2) is 0 Å². The van der Waals surface area contributed by atoms with Gasteiger partial charge in [-0.3, -0.25) is 34.3 Å². The number of nitrogens with zero attached hydrogens (tertiary/aromatic N) is 20. The Balaban J connectivity index is 0.000000352. The van der Waals surface area contributed by atoms with E-state index in [9.17, 15) is 0 Å². The largest absolute Gasteiger partial charge is 2.00 e. The van der Waals surface area contributed by atoms with Gasteiger partial charge in [0.1, 0.15) is 0 Å². The molecule has 2 aromatic carbocycles. The van der Waals surface area contributed by atoms with Crippen molar-refractivity contribution in [2.45, 2.75) is 224 Å². The van der Waals surface area contributed by atoms with E-state index in [1.54, 1.807) is 0 Å². The summed E-state index contributed by atoms with van der Waals surface area (Å²) in [5.74, 6) is 0. The molecule has 10 bridgehead atoms. The molecule has 0 aliphatic carbocycles. The third kappa shape index (κ3) is 53.3. The van der Waals surface area contributed by atoms with Crippen LogP contribution in [0.2, 0.25) is 0 Å². The summed E-state index contributed by atoms with van der Waals surface area (Å²) in [5.41, 5.74) is 2.72. The molecule has 0 spiro atoms. The molecule has 10 aliphatic rings. The first-order chi connectivity index (χ1) is 63.2. The molecule has 0 saturated carbocycles. The summed E-state index contributed by atoms with van der Waals surface area (Å²) < 4.78 is -3.82. The first-order valence-corrected chi connectivity index (χ1v) is 56.4. The van der Waals surface area contributed by atoms with Crippen LogP contribution in [0, 0.1) is 0 Å². The predicted octanol–water partition coefficient (Wildman–Crippen LogP) is 17.5. The fourth-order valence-corrected chi connectivity index (χ4v) is 22.4. The fourth-order valence-electron chi connectivity index (χ4n) is 19.9. The Morgan fingerprint density at radius 2 is 0.400 bits per heavy atom. The van der Waals surface area contributed by atoms with E-state index in [0.717, 1.165) is 294 Å². The summed E-state index contributed by atoms with van der Waals surface area (Å²) in [6, 6.07) is 21.5. The van der Waals surface area contributed by atoms with Gasteiger partial charge in [0.25, 0.3) is 0 Å². The van der Waals surface area contributed by atoms with Crippen molar-refractivity contribution < 1.29 is 68.3 Å². The van der Waals surface area contributed by atoms with E-state index in [1.165, 1.54) is 212 Å². The van der Waals surface area contributed by atoms with Crippen LogP contribution < -0.4 is 0 Å². The summed E-state index contributed by atoms with van der Waals surface area (Å²) in [4.78, 5) is 49.7. The topological polar surface area (TPSA) is 64.8 Å². The number of likely N-dealkylation sites (N-methyl/N-ethyl adjacent to an activating group) is 3. The standard InChI is InChI=1S/C26H36Cl2N4.C21H42Cl2N4.C20H40Cl2N4.2C17H34Cl2N4.4Mn/c27-26(28)12-15-31(23-25-10-5-2-6-11-25)17-16-29-13-7-14-30(19-21-32(26)20-18-29)22-24-8-3-1-4-9-24;1-3-4-5-6-7-8-12-25-14-10-21(22,23)27-19-15-24(2)11-9-13-26(17-16-25)18-20-27;1-3-5-9-23-11-7-12-25-15-14-24(10-6-4-2)13-8-20(21,22)26(18-16-23)19-17-25;2*1-3-4-8-21-10-6-17(18,19)23-15-11-20(2)7-5-9-22(13-12-21)14-16-23;;;;/h1-6,8-11H,7,12-23H2;3-20H2,1-2H3;3-19H2,1-2H3;2*3-16H2,1-2H3;;;;/q;;;;;4*+2. The minimum absolute atomic E-state index is 0. The molecule has 10 unspecified atom stereocenters. The summed E-state index contributed by atoms with van der Waals surface area (Å²) >= 11 is 68.4. The number of benzene rings is 2. The summed E-state index contributed by atoms with van der Waals surface area (Å²) in [6.45, 7) is 67.1. The molecule has 12 rings (SSSR count). The zero-order chi connectivity index (χ0) is 94.0. The van der Waals surface area contributed by atoms with Gasteiger partial charge in [-0.2, -0.15) is 0 Å². The monoisotopic (exact) mass is 2250 g/mol. The van der Waals surface area contributed by atoms with Crippen LogP contribution in [-0.4, -0.2) is 469 Å². The zero-order valence-corrected chi connectivity index (χ0v) is 97.5. The van der Waals surface area contributed by atoms with Crippen LogP contribution in [-0.2, 0) is 81.4 Å². The average Bonchev–Trinajstić information content (AvgIpc) is 0.858. The van der Waals surface area contributed by atoms with Crippen LogP contribution in [0.5, 0.6) is 0 Å². The van der Waals surface area contributed by atoms with E-state index in [1.807, 2.05) is 0 Å². The quantitative estimate of drug-likeness (QED) is 0.0459. The van der Waals surface area contributed by atoms with E-state index in [4.69, 9.17) is 116 Å². The molecule has 10 aliphatic heterocycles. The zero-order valence-electron chi connectivity index (χ0n) is 85.2. The van der Waals surface area contributed by atoms with Crippen molar-refractivity contribution in [3.8, 4) is 0 Å². The molecule has 0 aromatic heterocycles. The maximum absolute atomic E-state index is 6.99. The smallest absolute Gasteiger partial charge is 0.305 e. The molecule has 4 radical (unpaired) electrons. The molecule has 2 aromatic rings. The number of halogens is 10. The second-order valence-electron chi connectivity index (χ2n) is 39.8. The third-order valence-corrected chi connectivity index (χ3v) is 33.5. The normalized spacial score (nSPS) is 28.5. The first-order valence-electron chi connectivity index (χ1n) is 52.6. The number of alkyl halides is 10. The van der Waals surface area contributed by atoms with Crippen molar-refractivity contribution in [1.29, 1.82) is 0 Å². The van der Waals surface area contributed by atoms with E-state index in [0.29, 0.717) is 0 Å². The van der Waals surface area contributed by atoms with Crippen LogP contribution in [0.3, 0.4) is 0 Å². The second-order valence-corrected chi connectivity index (χ2v) is 47.0. The van der Waals surface area contributed by atoms with Crippen LogP contribution >= 0.6 is 116 Å². The van der Waals surface area contributed by atoms with Crippen molar-refractivity contribution in [3.63, 3.8) is 0 Å². The van der Waals surface area contributed by atoms with Crippen molar-refractivity contribution in [3.05, 3.63) is 71.8 Å². The average molecular weight is 2260 g/mol. The maximum atomic E-state index is 6.99. The van der Waals surface area contributed by atoms with E-state index in [-0.39, 0.29) is 68.3 Å². The SMILES string of the molecule is CCCCCCCCN1CCN2CCCN(C)CCN(CC2)C(Cl)(Cl)CC1.CCCCN1CCCN2CCN(CCCC)CCC(Cl)(Cl)N(CC1)CC2.CCCCN1CCN2CCCN(C)CCN(CC2)C(Cl)(Cl)CC1.CCCCN1CCN2CCCN(C)CCN(CC2)C(Cl)(Cl)CC1.ClC1(Cl)CCN(Cc2ccccc2)CCN2CCCN(Cc3ccccc3)CCN1CC2.[Mn+2].[Mn+2].[Mn+2].[Mn+2]. The van der Waals surface area contributed by atoms with Gasteiger partial charge in [0.15, 0.2) is 22.3 Å². The van der Waals surface area contributed by atoms with E-state index in [2.05, 4.69) is 214 Å². The minimum Gasteiger partial charge on any atom is -0.305 e. The van der Waals surface area contributed by atoms with Gasteiger partial charge in [0.2, 0.25) is 0 Å². The molecule has 135 heavy (non-hydrogen) atoms. The van der Waals surface area contributed by atoms with E-state index >= 15 is 0 Å². The minimum atomic E-state index is -0.838. The summed E-state index contributed by atoms with van der Waals surface area (Å²) in [5, 5.41) is 0. The number of rotatable bonds is 23. The van der Waals surface area contributed by atoms with Gasteiger partial charge in [-0.1, -0.05) is 269 Å². The molecule has 0 amide bonds. The second kappa shape index (κ2) is 73.7. The number of unbranched alkanes of at least 4 members (excludes halogenated alkanes) is 9. The summed E-state index contributed by atoms with van der Waals surface area (Å²) in [6.07, 6.45) is 28.4. The van der Waals surface area contributed by atoms with Crippen LogP contribution in [0.25, 0.3) is 0 Å². The van der Waals surface area contributed by atoms with Gasteiger partial charge < -0.3 is 63.7 Å². The number of hydrogen-bond donors (Lipinski definition) is 0. The number of fused-ring (bicyclic) bond motifs is 15. The Bertz CT molecular complexity index is 3140. The Morgan fingerprint density at radius 1 is 0.200 bits per heavy atom.